The molecule has 0 radical (unpaired) electrons. The molecular formula is C13H5FN3Na2O4PS. The van der Waals surface area contributed by atoms with Gasteiger partial charge in [0.25, 0.3) is 0 Å². The number of nitrogens with zero attached hydrogens (tertiary/aromatic N) is 3. The third-order valence-corrected chi connectivity index (χ3v) is 4.77. The largest absolute Gasteiger partial charge is 1.00 e. The average Bonchev–Trinajstić information content (AvgIpc) is 3.10. The fourth-order valence-corrected chi connectivity index (χ4v) is 3.51. The molecular weight excluding hydrogens is 390 g/mol. The van der Waals surface area contributed by atoms with E-state index in [2.05, 4.69) is 4.98 Å². The van der Waals surface area contributed by atoms with Gasteiger partial charge >= 0.3 is 59.1 Å². The van der Waals surface area contributed by atoms with Crippen LogP contribution in [-0.4, -0.2) is 15.1 Å². The zero-order chi connectivity index (χ0) is 16.8. The monoisotopic (exact) mass is 395 g/mol. The van der Waals surface area contributed by atoms with Gasteiger partial charge in [-0.15, -0.1) is 11.3 Å². The summed E-state index contributed by atoms with van der Waals surface area (Å²) in [7, 11) is -5.22. The number of ketones is 1. The summed E-state index contributed by atoms with van der Waals surface area (Å²) in [5.74, 6) is -1.38. The first kappa shape index (κ1) is 22.7. The fraction of sp³-hybridized carbons (Fsp3) is 0. The van der Waals surface area contributed by atoms with Crippen LogP contribution in [0.25, 0.3) is 10.9 Å². The summed E-state index contributed by atoms with van der Waals surface area (Å²) in [6, 6.07) is 4.82. The summed E-state index contributed by atoms with van der Waals surface area (Å²) in [5.41, 5.74) is -0.239. The summed E-state index contributed by atoms with van der Waals surface area (Å²) in [4.78, 5) is 38.9. The van der Waals surface area contributed by atoms with Gasteiger partial charge in [0.1, 0.15) is 11.9 Å². The molecule has 3 rings (SSSR count). The van der Waals surface area contributed by atoms with E-state index in [4.69, 9.17) is 5.26 Å². The van der Waals surface area contributed by atoms with Crippen molar-refractivity contribution in [2.45, 2.75) is 0 Å². The standard InChI is InChI=1S/C13H7FN3O4PS.2Na/c14-7-1-2-11-9(3-7)10(5-17(11)22(19,20)21)12(18)13-16-8(4-15)6-23-13;;/h1-3,5-6H,(H2,19,20,21);;/q;2*+1/p-2. The van der Waals surface area contributed by atoms with E-state index >= 15 is 0 Å². The van der Waals surface area contributed by atoms with Crippen molar-refractivity contribution in [2.24, 2.45) is 0 Å². The maximum Gasteiger partial charge on any atom is 1.00 e. The summed E-state index contributed by atoms with van der Waals surface area (Å²) < 4.78 is 25.2. The quantitative estimate of drug-likeness (QED) is 0.249. The SMILES string of the molecule is N#Cc1csc(C(=O)c2cn(P(=O)([O-])[O-])c3ccc(F)cc23)n1.[Na+].[Na+]. The number of fused-ring (bicyclic) bond motifs is 1. The molecule has 0 bridgehead atoms. The van der Waals surface area contributed by atoms with E-state index in [0.29, 0.717) is 4.34 Å². The summed E-state index contributed by atoms with van der Waals surface area (Å²) in [5, 5.41) is 10.0. The maximum atomic E-state index is 13.4. The van der Waals surface area contributed by atoms with Crippen molar-refractivity contribution >= 4 is 35.8 Å². The van der Waals surface area contributed by atoms with Gasteiger partial charge in [0.15, 0.2) is 10.7 Å². The van der Waals surface area contributed by atoms with Crippen LogP contribution in [0.3, 0.4) is 0 Å². The van der Waals surface area contributed by atoms with Crippen molar-refractivity contribution in [3.05, 3.63) is 51.9 Å². The number of halogens is 1. The van der Waals surface area contributed by atoms with Crippen LogP contribution in [0.2, 0.25) is 0 Å². The minimum atomic E-state index is -5.22. The molecule has 0 saturated heterocycles. The Morgan fingerprint density at radius 3 is 2.60 bits per heavy atom. The Labute approximate surface area is 189 Å². The number of carbonyl (C=O) groups excluding carboxylic acids is 1. The predicted octanol–water partition coefficient (Wildman–Crippen LogP) is -4.98. The normalized spacial score (nSPS) is 10.6. The van der Waals surface area contributed by atoms with Crippen molar-refractivity contribution in [3.8, 4) is 6.07 Å². The maximum absolute atomic E-state index is 13.4. The van der Waals surface area contributed by atoms with Crippen molar-refractivity contribution < 1.29 is 82.7 Å². The molecule has 0 aliphatic carbocycles. The van der Waals surface area contributed by atoms with E-state index in [0.717, 1.165) is 35.7 Å². The first-order valence-electron chi connectivity index (χ1n) is 6.05. The van der Waals surface area contributed by atoms with E-state index in [1.54, 1.807) is 6.07 Å². The second-order valence-electron chi connectivity index (χ2n) is 4.50. The van der Waals surface area contributed by atoms with Gasteiger partial charge in [0, 0.05) is 24.7 Å². The number of nitriles is 1. The van der Waals surface area contributed by atoms with Crippen LogP contribution in [0.1, 0.15) is 21.1 Å². The van der Waals surface area contributed by atoms with Gasteiger partial charge in [-0.2, -0.15) is 5.26 Å². The zero-order valence-corrected chi connectivity index (χ0v) is 18.8. The first-order chi connectivity index (χ1) is 10.8. The van der Waals surface area contributed by atoms with E-state index in [-0.39, 0.29) is 86.3 Å². The van der Waals surface area contributed by atoms with Crippen LogP contribution in [-0.2, 0) is 4.57 Å². The van der Waals surface area contributed by atoms with Crippen molar-refractivity contribution in [2.75, 3.05) is 0 Å². The Hall–Kier alpha value is -0.370. The van der Waals surface area contributed by atoms with Gasteiger partial charge in [-0.1, -0.05) is 0 Å². The molecule has 2 aromatic heterocycles. The van der Waals surface area contributed by atoms with Crippen LogP contribution in [0.5, 0.6) is 0 Å². The Bertz CT molecular complexity index is 1040. The predicted molar refractivity (Wildman–Crippen MR) is 75.2 cm³/mol. The van der Waals surface area contributed by atoms with Crippen molar-refractivity contribution in [1.82, 2.24) is 9.32 Å². The minimum Gasteiger partial charge on any atom is -0.795 e. The number of rotatable bonds is 3. The van der Waals surface area contributed by atoms with Crippen LogP contribution in [0.4, 0.5) is 4.39 Å². The molecule has 3 aromatic rings. The molecule has 0 N–H and O–H groups in total. The van der Waals surface area contributed by atoms with E-state index in [1.807, 2.05) is 0 Å². The van der Waals surface area contributed by atoms with Crippen LogP contribution < -0.4 is 68.9 Å². The molecule has 0 atom stereocenters. The minimum absolute atomic E-state index is 0. The molecule has 0 aliphatic heterocycles. The average molecular weight is 395 g/mol. The molecule has 25 heavy (non-hydrogen) atoms. The van der Waals surface area contributed by atoms with E-state index in [9.17, 15) is 23.5 Å². The summed E-state index contributed by atoms with van der Waals surface area (Å²) in [6.45, 7) is 0. The molecule has 0 fully saturated rings. The Morgan fingerprint density at radius 1 is 1.36 bits per heavy atom. The van der Waals surface area contributed by atoms with Gasteiger partial charge in [-0.3, -0.25) is 4.79 Å². The Balaban J connectivity index is 0.00000156. The number of benzene rings is 1. The summed E-state index contributed by atoms with van der Waals surface area (Å²) in [6.07, 6.45) is 0.848. The molecule has 0 unspecified atom stereocenters. The first-order valence-corrected chi connectivity index (χ1v) is 8.42. The smallest absolute Gasteiger partial charge is 0.795 e. The molecule has 1 aromatic carbocycles. The topological polar surface area (TPSA) is 122 Å². The van der Waals surface area contributed by atoms with Crippen LogP contribution in [0.15, 0.2) is 29.8 Å². The van der Waals surface area contributed by atoms with Gasteiger partial charge < -0.3 is 18.7 Å². The third kappa shape index (κ3) is 4.49. The Kier molecular flexibility index (Phi) is 7.75. The van der Waals surface area contributed by atoms with E-state index < -0.39 is 19.3 Å². The molecule has 0 aliphatic rings. The van der Waals surface area contributed by atoms with E-state index in [1.165, 1.54) is 5.38 Å². The van der Waals surface area contributed by atoms with Gasteiger partial charge in [0.2, 0.25) is 5.78 Å². The molecule has 0 saturated carbocycles. The van der Waals surface area contributed by atoms with Gasteiger partial charge in [-0.05, 0) is 18.2 Å². The number of hydrogen-bond donors (Lipinski definition) is 0. The van der Waals surface area contributed by atoms with Crippen LogP contribution >= 0.6 is 19.1 Å². The Morgan fingerprint density at radius 2 is 2.04 bits per heavy atom. The second-order valence-corrected chi connectivity index (χ2v) is 6.72. The second kappa shape index (κ2) is 8.55. The van der Waals surface area contributed by atoms with Crippen LogP contribution in [0, 0.1) is 17.1 Å². The molecule has 12 heteroatoms. The molecule has 2 heterocycles. The van der Waals surface area contributed by atoms with Gasteiger partial charge in [0.05, 0.1) is 11.1 Å². The third-order valence-electron chi connectivity index (χ3n) is 3.07. The zero-order valence-electron chi connectivity index (χ0n) is 13.1. The number of aromatic nitrogens is 2. The molecule has 0 amide bonds. The summed E-state index contributed by atoms with van der Waals surface area (Å²) >= 11 is 0.895. The number of thiazole rings is 1. The molecule has 0 spiro atoms. The van der Waals surface area contributed by atoms with Gasteiger partial charge in [-0.25, -0.2) is 9.37 Å². The molecule has 7 nitrogen and oxygen atoms in total. The number of hydrogen-bond acceptors (Lipinski definition) is 7. The molecule has 116 valence electrons. The van der Waals surface area contributed by atoms with Crippen molar-refractivity contribution in [3.63, 3.8) is 0 Å². The fourth-order valence-electron chi connectivity index (χ4n) is 2.11. The van der Waals surface area contributed by atoms with Crippen molar-refractivity contribution in [1.29, 1.82) is 5.26 Å². The number of carbonyl (C=O) groups is 1.